The van der Waals surface area contributed by atoms with Crippen molar-refractivity contribution in [3.05, 3.63) is 41.4 Å². The van der Waals surface area contributed by atoms with Gasteiger partial charge in [0.15, 0.2) is 4.34 Å². The van der Waals surface area contributed by atoms with Crippen LogP contribution in [0.3, 0.4) is 0 Å². The minimum absolute atomic E-state index is 0.348. The Morgan fingerprint density at radius 3 is 2.69 bits per heavy atom. The van der Waals surface area contributed by atoms with E-state index in [0.29, 0.717) is 0 Å². The number of rotatable bonds is 4. The number of aliphatic hydroxyl groups is 1. The fourth-order valence-electron chi connectivity index (χ4n) is 1.36. The van der Waals surface area contributed by atoms with Crippen LogP contribution < -0.4 is 0 Å². The molecule has 1 aromatic carbocycles. The predicted octanol–water partition coefficient (Wildman–Crippen LogP) is 3.74. The van der Waals surface area contributed by atoms with Crippen LogP contribution in [0.4, 0.5) is 0 Å². The van der Waals surface area contributed by atoms with Crippen molar-refractivity contribution in [1.82, 2.24) is 4.98 Å². The second-order valence-electron chi connectivity index (χ2n) is 3.39. The Morgan fingerprint density at radius 2 is 2.12 bits per heavy atom. The molecule has 0 aliphatic heterocycles. The molecule has 0 unspecified atom stereocenters. The fourth-order valence-corrected chi connectivity index (χ4v) is 2.95. The van der Waals surface area contributed by atoms with E-state index < -0.39 is 0 Å². The highest BCUT2D eigenvalue weighted by atomic mass is 32.2. The molecule has 0 aliphatic rings. The smallest absolute Gasteiger partial charge is 0.154 e. The molecular weight excluding hydrogens is 238 g/mol. The first kappa shape index (κ1) is 11.6. The van der Waals surface area contributed by atoms with E-state index in [0.717, 1.165) is 21.2 Å². The maximum Gasteiger partial charge on any atom is 0.154 e. The summed E-state index contributed by atoms with van der Waals surface area (Å²) in [5, 5.41) is 11.6. The summed E-state index contributed by atoms with van der Waals surface area (Å²) in [5.74, 6) is 0. The molecule has 1 heterocycles. The number of thiazole rings is 1. The topological polar surface area (TPSA) is 33.1 Å². The second kappa shape index (κ2) is 5.48. The SMILES string of the molecule is CC[C@@H](O)c1ccc(Sc2nccs2)cc1. The summed E-state index contributed by atoms with van der Waals surface area (Å²) in [7, 11) is 0. The molecule has 2 aromatic rings. The summed E-state index contributed by atoms with van der Waals surface area (Å²) in [6, 6.07) is 8.01. The third-order valence-corrected chi connectivity index (χ3v) is 4.16. The summed E-state index contributed by atoms with van der Waals surface area (Å²) in [6.07, 6.45) is 2.21. The van der Waals surface area contributed by atoms with Crippen molar-refractivity contribution in [3.63, 3.8) is 0 Å². The molecule has 0 spiro atoms. The normalized spacial score (nSPS) is 12.6. The summed E-state index contributed by atoms with van der Waals surface area (Å²) in [6.45, 7) is 1.98. The Kier molecular flexibility index (Phi) is 3.98. The van der Waals surface area contributed by atoms with E-state index in [2.05, 4.69) is 4.98 Å². The number of aliphatic hydroxyl groups excluding tert-OH is 1. The third kappa shape index (κ3) is 2.84. The van der Waals surface area contributed by atoms with Gasteiger partial charge < -0.3 is 5.11 Å². The van der Waals surface area contributed by atoms with Gasteiger partial charge in [0, 0.05) is 16.5 Å². The molecule has 0 aliphatic carbocycles. The first-order valence-corrected chi connectivity index (χ1v) is 6.84. The van der Waals surface area contributed by atoms with Crippen LogP contribution in [0.1, 0.15) is 25.0 Å². The van der Waals surface area contributed by atoms with Crippen molar-refractivity contribution in [2.75, 3.05) is 0 Å². The van der Waals surface area contributed by atoms with Crippen LogP contribution in [0.5, 0.6) is 0 Å². The van der Waals surface area contributed by atoms with Crippen molar-refractivity contribution >= 4 is 23.1 Å². The Balaban J connectivity index is 2.07. The summed E-state index contributed by atoms with van der Waals surface area (Å²) in [5.41, 5.74) is 0.978. The van der Waals surface area contributed by atoms with E-state index >= 15 is 0 Å². The molecule has 4 heteroatoms. The molecule has 1 atom stereocenters. The van der Waals surface area contributed by atoms with Crippen molar-refractivity contribution in [2.24, 2.45) is 0 Å². The van der Waals surface area contributed by atoms with Gasteiger partial charge in [0.05, 0.1) is 6.10 Å². The van der Waals surface area contributed by atoms with Crippen molar-refractivity contribution < 1.29 is 5.11 Å². The fraction of sp³-hybridized carbons (Fsp3) is 0.250. The maximum atomic E-state index is 9.66. The molecule has 0 saturated heterocycles. The highest BCUT2D eigenvalue weighted by Gasteiger charge is 2.05. The standard InChI is InChI=1S/C12H13NOS2/c1-2-11(14)9-3-5-10(6-4-9)16-12-13-7-8-15-12/h3-8,11,14H,2H2,1H3/t11-/m1/s1. The van der Waals surface area contributed by atoms with Crippen LogP contribution in [-0.4, -0.2) is 10.1 Å². The van der Waals surface area contributed by atoms with E-state index in [1.807, 2.05) is 42.8 Å². The van der Waals surface area contributed by atoms with Crippen LogP contribution in [0.2, 0.25) is 0 Å². The van der Waals surface area contributed by atoms with Crippen molar-refractivity contribution in [1.29, 1.82) is 0 Å². The molecule has 16 heavy (non-hydrogen) atoms. The Bertz CT molecular complexity index is 425. The molecule has 0 fully saturated rings. The predicted molar refractivity (Wildman–Crippen MR) is 67.9 cm³/mol. The highest BCUT2D eigenvalue weighted by Crippen LogP contribution is 2.30. The second-order valence-corrected chi connectivity index (χ2v) is 5.61. The first-order chi connectivity index (χ1) is 7.79. The van der Waals surface area contributed by atoms with Gasteiger partial charge in [-0.05, 0) is 24.1 Å². The van der Waals surface area contributed by atoms with E-state index in [-0.39, 0.29) is 6.10 Å². The number of benzene rings is 1. The van der Waals surface area contributed by atoms with Crippen molar-refractivity contribution in [2.45, 2.75) is 28.7 Å². The van der Waals surface area contributed by atoms with Gasteiger partial charge in [0.1, 0.15) is 0 Å². The van der Waals surface area contributed by atoms with Crippen LogP contribution in [0.25, 0.3) is 0 Å². The van der Waals surface area contributed by atoms with E-state index in [9.17, 15) is 5.11 Å². The lowest BCUT2D eigenvalue weighted by Crippen LogP contribution is -1.93. The Labute approximate surface area is 103 Å². The first-order valence-electron chi connectivity index (χ1n) is 5.15. The van der Waals surface area contributed by atoms with Crippen LogP contribution in [0, 0.1) is 0 Å². The van der Waals surface area contributed by atoms with Crippen molar-refractivity contribution in [3.8, 4) is 0 Å². The molecule has 1 aromatic heterocycles. The highest BCUT2D eigenvalue weighted by molar-refractivity contribution is 8.01. The van der Waals surface area contributed by atoms with Gasteiger partial charge in [-0.25, -0.2) is 4.98 Å². The molecular formula is C12H13NOS2. The van der Waals surface area contributed by atoms with Crippen LogP contribution >= 0.6 is 23.1 Å². The molecule has 84 valence electrons. The number of hydrogen-bond donors (Lipinski definition) is 1. The maximum absolute atomic E-state index is 9.66. The molecule has 0 radical (unpaired) electrons. The average molecular weight is 251 g/mol. The molecule has 0 saturated carbocycles. The molecule has 1 N–H and O–H groups in total. The van der Waals surface area contributed by atoms with E-state index in [4.69, 9.17) is 0 Å². The third-order valence-electron chi connectivity index (χ3n) is 2.27. The largest absolute Gasteiger partial charge is 0.388 e. The molecule has 0 bridgehead atoms. The van der Waals surface area contributed by atoms with Gasteiger partial charge >= 0.3 is 0 Å². The quantitative estimate of drug-likeness (QED) is 0.898. The lowest BCUT2D eigenvalue weighted by Gasteiger charge is -2.08. The average Bonchev–Trinajstić information content (AvgIpc) is 2.82. The Hall–Kier alpha value is -0.840. The lowest BCUT2D eigenvalue weighted by atomic mass is 10.1. The van der Waals surface area contributed by atoms with Crippen LogP contribution in [0.15, 0.2) is 45.1 Å². The van der Waals surface area contributed by atoms with E-state index in [1.165, 1.54) is 0 Å². The molecule has 0 amide bonds. The zero-order valence-corrected chi connectivity index (χ0v) is 10.6. The number of aromatic nitrogens is 1. The lowest BCUT2D eigenvalue weighted by molar-refractivity contribution is 0.173. The van der Waals surface area contributed by atoms with Gasteiger partial charge in [-0.15, -0.1) is 11.3 Å². The van der Waals surface area contributed by atoms with Gasteiger partial charge in [-0.3, -0.25) is 0 Å². The zero-order chi connectivity index (χ0) is 11.4. The minimum atomic E-state index is -0.348. The minimum Gasteiger partial charge on any atom is -0.388 e. The summed E-state index contributed by atoms with van der Waals surface area (Å²) < 4.78 is 1.05. The van der Waals surface area contributed by atoms with Gasteiger partial charge in [-0.1, -0.05) is 30.8 Å². The van der Waals surface area contributed by atoms with E-state index in [1.54, 1.807) is 23.1 Å². The zero-order valence-electron chi connectivity index (χ0n) is 8.96. The monoisotopic (exact) mass is 251 g/mol. The number of hydrogen-bond acceptors (Lipinski definition) is 4. The molecule has 2 nitrogen and oxygen atoms in total. The van der Waals surface area contributed by atoms with Gasteiger partial charge in [-0.2, -0.15) is 0 Å². The summed E-state index contributed by atoms with van der Waals surface area (Å²) in [4.78, 5) is 5.37. The summed E-state index contributed by atoms with van der Waals surface area (Å²) >= 11 is 3.28. The number of nitrogens with zero attached hydrogens (tertiary/aromatic N) is 1. The van der Waals surface area contributed by atoms with Gasteiger partial charge in [0.25, 0.3) is 0 Å². The van der Waals surface area contributed by atoms with Crippen LogP contribution in [-0.2, 0) is 0 Å². The van der Waals surface area contributed by atoms with Gasteiger partial charge in [0.2, 0.25) is 0 Å². The molecule has 2 rings (SSSR count). The Morgan fingerprint density at radius 1 is 1.38 bits per heavy atom.